The van der Waals surface area contributed by atoms with Crippen molar-refractivity contribution in [2.24, 2.45) is 5.92 Å². The van der Waals surface area contributed by atoms with Gasteiger partial charge in [0, 0.05) is 18.2 Å². The van der Waals surface area contributed by atoms with Crippen LogP contribution in [0.3, 0.4) is 0 Å². The Kier molecular flexibility index (Phi) is 10.1. The third-order valence-electron chi connectivity index (χ3n) is 5.93. The van der Waals surface area contributed by atoms with Gasteiger partial charge in [-0.1, -0.05) is 25.5 Å². The van der Waals surface area contributed by atoms with Crippen LogP contribution in [0.15, 0.2) is 48.5 Å². The van der Waals surface area contributed by atoms with Gasteiger partial charge in [0.2, 0.25) is 10.0 Å². The molecule has 0 unspecified atom stereocenters. The fourth-order valence-corrected chi connectivity index (χ4v) is 4.82. The Morgan fingerprint density at radius 2 is 1.74 bits per heavy atom. The van der Waals surface area contributed by atoms with Crippen molar-refractivity contribution in [3.8, 4) is 5.75 Å². The molecule has 1 saturated heterocycles. The van der Waals surface area contributed by atoms with Gasteiger partial charge in [-0.15, -0.1) is 12.4 Å². The van der Waals surface area contributed by atoms with E-state index in [4.69, 9.17) is 4.74 Å². The number of hydrogen-bond donors (Lipinski definition) is 1. The first-order valence-corrected chi connectivity index (χ1v) is 13.0. The number of nitrogens with one attached hydrogen (secondary N) is 1. The lowest BCUT2D eigenvalue weighted by atomic mass is 9.80. The van der Waals surface area contributed by atoms with Crippen LogP contribution in [0.1, 0.15) is 43.2 Å². The van der Waals surface area contributed by atoms with Gasteiger partial charge in [-0.3, -0.25) is 4.72 Å². The van der Waals surface area contributed by atoms with Gasteiger partial charge in [0.15, 0.2) is 0 Å². The molecule has 10 heteroatoms. The first-order chi connectivity index (χ1) is 15.5. The SMILES string of the molecule is CCCCN1CC[C@H](c2ccc(NS(C)(=O)=O)cc2)[C@@H](COc2ccc(C(F)(F)F)cc2)C1.Cl. The van der Waals surface area contributed by atoms with Crippen molar-refractivity contribution < 1.29 is 26.3 Å². The first kappa shape index (κ1) is 28.3. The van der Waals surface area contributed by atoms with Crippen molar-refractivity contribution in [3.05, 3.63) is 59.7 Å². The molecule has 0 amide bonds. The number of unbranched alkanes of at least 4 members (excludes halogenated alkanes) is 1. The summed E-state index contributed by atoms with van der Waals surface area (Å²) >= 11 is 0. The van der Waals surface area contributed by atoms with E-state index >= 15 is 0 Å². The molecular weight excluding hydrogens is 489 g/mol. The average molecular weight is 521 g/mol. The van der Waals surface area contributed by atoms with E-state index < -0.39 is 21.8 Å². The minimum absolute atomic E-state index is 0. The number of anilines is 1. The van der Waals surface area contributed by atoms with Crippen molar-refractivity contribution in [1.29, 1.82) is 0 Å². The maximum Gasteiger partial charge on any atom is 0.416 e. The zero-order valence-electron chi connectivity index (χ0n) is 19.3. The number of nitrogens with zero attached hydrogens (tertiary/aromatic N) is 1. The number of sulfonamides is 1. The van der Waals surface area contributed by atoms with E-state index in [-0.39, 0.29) is 24.2 Å². The Balaban J connectivity index is 0.00000408. The molecule has 1 heterocycles. The number of piperidine rings is 1. The maximum atomic E-state index is 12.8. The van der Waals surface area contributed by atoms with Crippen molar-refractivity contribution >= 4 is 28.1 Å². The molecule has 0 aromatic heterocycles. The first-order valence-electron chi connectivity index (χ1n) is 11.2. The minimum Gasteiger partial charge on any atom is -0.493 e. The monoisotopic (exact) mass is 520 g/mol. The largest absolute Gasteiger partial charge is 0.493 e. The quantitative estimate of drug-likeness (QED) is 0.455. The summed E-state index contributed by atoms with van der Waals surface area (Å²) in [6.07, 6.45) is -0.0967. The van der Waals surface area contributed by atoms with E-state index in [0.29, 0.717) is 18.0 Å². The van der Waals surface area contributed by atoms with Crippen LogP contribution in [-0.2, 0) is 16.2 Å². The molecule has 34 heavy (non-hydrogen) atoms. The Labute approximate surface area is 206 Å². The van der Waals surface area contributed by atoms with Gasteiger partial charge in [0.05, 0.1) is 18.4 Å². The highest BCUT2D eigenvalue weighted by Gasteiger charge is 2.32. The lowest BCUT2D eigenvalue weighted by Gasteiger charge is -2.39. The van der Waals surface area contributed by atoms with Gasteiger partial charge >= 0.3 is 6.18 Å². The molecule has 2 aromatic carbocycles. The fourth-order valence-electron chi connectivity index (χ4n) is 4.26. The zero-order chi connectivity index (χ0) is 24.1. The number of alkyl halides is 3. The van der Waals surface area contributed by atoms with Crippen LogP contribution in [-0.4, -0.2) is 45.8 Å². The maximum absolute atomic E-state index is 12.8. The number of rotatable bonds is 9. The molecule has 0 spiro atoms. The van der Waals surface area contributed by atoms with E-state index in [0.717, 1.165) is 62.8 Å². The third kappa shape index (κ3) is 8.36. The van der Waals surface area contributed by atoms with Gasteiger partial charge < -0.3 is 9.64 Å². The molecule has 3 rings (SSSR count). The van der Waals surface area contributed by atoms with Crippen molar-refractivity contribution in [2.45, 2.75) is 38.3 Å². The summed E-state index contributed by atoms with van der Waals surface area (Å²) in [7, 11) is -3.34. The van der Waals surface area contributed by atoms with E-state index in [1.54, 1.807) is 12.1 Å². The summed E-state index contributed by atoms with van der Waals surface area (Å²) in [5, 5.41) is 0. The lowest BCUT2D eigenvalue weighted by molar-refractivity contribution is -0.137. The molecule has 1 aliphatic rings. The smallest absolute Gasteiger partial charge is 0.416 e. The molecule has 0 radical (unpaired) electrons. The molecule has 190 valence electrons. The molecule has 2 atom stereocenters. The Morgan fingerprint density at radius 1 is 1.09 bits per heavy atom. The van der Waals surface area contributed by atoms with Crippen molar-refractivity contribution in [2.75, 3.05) is 37.2 Å². The van der Waals surface area contributed by atoms with E-state index in [1.165, 1.54) is 12.1 Å². The predicted molar refractivity (Wildman–Crippen MR) is 131 cm³/mol. The molecule has 1 aliphatic heterocycles. The third-order valence-corrected chi connectivity index (χ3v) is 6.54. The normalized spacial score (nSPS) is 19.3. The van der Waals surface area contributed by atoms with Gasteiger partial charge in [-0.25, -0.2) is 8.42 Å². The Morgan fingerprint density at radius 3 is 2.29 bits per heavy atom. The molecule has 0 aliphatic carbocycles. The van der Waals surface area contributed by atoms with Crippen molar-refractivity contribution in [1.82, 2.24) is 4.90 Å². The average Bonchev–Trinajstić information content (AvgIpc) is 2.75. The second-order valence-electron chi connectivity index (χ2n) is 8.64. The highest BCUT2D eigenvalue weighted by molar-refractivity contribution is 7.92. The number of halogens is 4. The molecule has 0 saturated carbocycles. The van der Waals surface area contributed by atoms with E-state index in [1.807, 2.05) is 12.1 Å². The predicted octanol–water partition coefficient (Wildman–Crippen LogP) is 5.78. The van der Waals surface area contributed by atoms with Crippen LogP contribution < -0.4 is 9.46 Å². The highest BCUT2D eigenvalue weighted by Crippen LogP contribution is 2.35. The fraction of sp³-hybridized carbons (Fsp3) is 0.500. The van der Waals surface area contributed by atoms with Crippen LogP contribution in [0.25, 0.3) is 0 Å². The minimum atomic E-state index is -4.37. The Bertz CT molecular complexity index is 1000. The van der Waals surface area contributed by atoms with E-state index in [9.17, 15) is 21.6 Å². The molecule has 5 nitrogen and oxygen atoms in total. The summed E-state index contributed by atoms with van der Waals surface area (Å²) in [6, 6.07) is 12.2. The molecular formula is C24H32ClF3N2O3S. The number of benzene rings is 2. The van der Waals surface area contributed by atoms with Gasteiger partial charge in [-0.2, -0.15) is 13.2 Å². The number of ether oxygens (including phenoxy) is 1. The van der Waals surface area contributed by atoms with Crippen LogP contribution in [0.2, 0.25) is 0 Å². The second kappa shape index (κ2) is 12.1. The zero-order valence-corrected chi connectivity index (χ0v) is 21.0. The van der Waals surface area contributed by atoms with Crippen LogP contribution >= 0.6 is 12.4 Å². The van der Waals surface area contributed by atoms with Gasteiger partial charge in [0.25, 0.3) is 0 Å². The highest BCUT2D eigenvalue weighted by atomic mass is 35.5. The van der Waals surface area contributed by atoms with Crippen LogP contribution in [0.5, 0.6) is 5.75 Å². The lowest BCUT2D eigenvalue weighted by Crippen LogP contribution is -2.42. The summed E-state index contributed by atoms with van der Waals surface area (Å²) in [6.45, 7) is 5.36. The molecule has 2 aromatic rings. The second-order valence-corrected chi connectivity index (χ2v) is 10.4. The summed E-state index contributed by atoms with van der Waals surface area (Å²) in [5.41, 5.74) is 0.920. The number of hydrogen-bond acceptors (Lipinski definition) is 4. The molecule has 1 fully saturated rings. The summed E-state index contributed by atoms with van der Waals surface area (Å²) < 4.78 is 69.8. The van der Waals surface area contributed by atoms with Crippen molar-refractivity contribution in [3.63, 3.8) is 0 Å². The summed E-state index contributed by atoms with van der Waals surface area (Å²) in [5.74, 6) is 0.788. The summed E-state index contributed by atoms with van der Waals surface area (Å²) in [4.78, 5) is 2.42. The van der Waals surface area contributed by atoms with Crippen LogP contribution in [0.4, 0.5) is 18.9 Å². The standard InChI is InChI=1S/C24H31F3N2O3S.ClH/c1-3-4-14-29-15-13-23(18-5-9-21(10-6-18)28-33(2,30)31)19(16-29)17-32-22-11-7-20(8-12-22)24(25,26)27;/h5-12,19,23,28H,3-4,13-17H2,1-2H3;1H/t19-,23-;/m1./s1. The molecule has 1 N–H and O–H groups in total. The Hall–Kier alpha value is -1.97. The van der Waals surface area contributed by atoms with Crippen LogP contribution in [0, 0.1) is 5.92 Å². The number of likely N-dealkylation sites (tertiary alicyclic amines) is 1. The van der Waals surface area contributed by atoms with Gasteiger partial charge in [0.1, 0.15) is 5.75 Å². The van der Waals surface area contributed by atoms with Gasteiger partial charge in [-0.05, 0) is 73.8 Å². The molecule has 0 bridgehead atoms. The van der Waals surface area contributed by atoms with E-state index in [2.05, 4.69) is 16.5 Å². The topological polar surface area (TPSA) is 58.6 Å².